The molecule has 1 aliphatic carbocycles. The zero-order valence-electron chi connectivity index (χ0n) is 18.0. The maximum absolute atomic E-state index is 13.0. The summed E-state index contributed by atoms with van der Waals surface area (Å²) in [5.74, 6) is -1.50. The number of benzene rings is 1. The molecule has 1 amide bonds. The second kappa shape index (κ2) is 10.1. The molecule has 7 heteroatoms. The Labute approximate surface area is 173 Å². The van der Waals surface area contributed by atoms with Crippen LogP contribution in [0.3, 0.4) is 0 Å². The van der Waals surface area contributed by atoms with Crippen molar-refractivity contribution in [3.63, 3.8) is 0 Å². The van der Waals surface area contributed by atoms with E-state index in [9.17, 15) is 9.59 Å². The molecule has 29 heavy (non-hydrogen) atoms. The molecule has 2 rings (SSSR count). The van der Waals surface area contributed by atoms with Crippen LogP contribution in [0.25, 0.3) is 0 Å². The third-order valence-corrected chi connectivity index (χ3v) is 4.94. The van der Waals surface area contributed by atoms with Crippen LogP contribution in [-0.2, 0) is 30.2 Å². The van der Waals surface area contributed by atoms with Gasteiger partial charge in [-0.05, 0) is 45.6 Å². The highest BCUT2D eigenvalue weighted by Gasteiger charge is 2.45. The van der Waals surface area contributed by atoms with Gasteiger partial charge >= 0.3 is 12.1 Å². The van der Waals surface area contributed by atoms with Gasteiger partial charge in [0, 0.05) is 27.1 Å². The van der Waals surface area contributed by atoms with E-state index in [1.54, 1.807) is 35.0 Å². The molecule has 7 nitrogen and oxygen atoms in total. The van der Waals surface area contributed by atoms with Crippen molar-refractivity contribution in [2.24, 2.45) is 0 Å². The van der Waals surface area contributed by atoms with Crippen LogP contribution in [0.2, 0.25) is 0 Å². The summed E-state index contributed by atoms with van der Waals surface area (Å²) in [6, 6.07) is 8.56. The number of amides is 1. The van der Waals surface area contributed by atoms with Crippen LogP contribution in [0, 0.1) is 0 Å². The van der Waals surface area contributed by atoms with Crippen molar-refractivity contribution in [2.75, 3.05) is 14.2 Å². The number of carbonyl (C=O) groups is 2. The van der Waals surface area contributed by atoms with Gasteiger partial charge in [-0.25, -0.2) is 9.59 Å². The predicted molar refractivity (Wildman–Crippen MR) is 108 cm³/mol. The van der Waals surface area contributed by atoms with E-state index < -0.39 is 35.6 Å². The molecule has 0 spiro atoms. The second-order valence-corrected chi connectivity index (χ2v) is 8.28. The first-order valence-corrected chi connectivity index (χ1v) is 10.0. The standard InChI is InChI=1S/C22H33NO6/c1-21(2,3)29-20(25)23-17(15-16-11-7-6-8-12-16)19(24)28-18-13-9-10-14-22(18,26-4)27-5/h6-8,11-12,17-18H,9-10,13-15H2,1-5H3,(H,23,25)/t17-,18+/m0/s1. The van der Waals surface area contributed by atoms with Crippen molar-refractivity contribution in [2.45, 2.75) is 76.4 Å². The quantitative estimate of drug-likeness (QED) is 0.549. The lowest BCUT2D eigenvalue weighted by Crippen LogP contribution is -2.53. The molecule has 1 fully saturated rings. The number of esters is 1. The van der Waals surface area contributed by atoms with Gasteiger partial charge in [0.15, 0.2) is 6.10 Å². The summed E-state index contributed by atoms with van der Waals surface area (Å²) in [6.07, 6.45) is 2.20. The fourth-order valence-electron chi connectivity index (χ4n) is 3.50. The van der Waals surface area contributed by atoms with E-state index in [4.69, 9.17) is 18.9 Å². The molecule has 1 aromatic carbocycles. The average molecular weight is 408 g/mol. The molecule has 0 heterocycles. The molecular formula is C22H33NO6. The number of hydrogen-bond donors (Lipinski definition) is 1. The number of hydrogen-bond acceptors (Lipinski definition) is 6. The fourth-order valence-corrected chi connectivity index (χ4v) is 3.50. The van der Waals surface area contributed by atoms with Gasteiger partial charge in [0.1, 0.15) is 11.6 Å². The minimum absolute atomic E-state index is 0.290. The number of carbonyl (C=O) groups excluding carboxylic acids is 2. The largest absolute Gasteiger partial charge is 0.455 e. The van der Waals surface area contributed by atoms with Gasteiger partial charge in [0.25, 0.3) is 0 Å². The molecule has 0 radical (unpaired) electrons. The molecule has 0 aliphatic heterocycles. The van der Waals surface area contributed by atoms with E-state index in [1.807, 2.05) is 30.3 Å². The van der Waals surface area contributed by atoms with E-state index in [1.165, 1.54) is 0 Å². The van der Waals surface area contributed by atoms with Gasteiger partial charge in [-0.1, -0.05) is 30.3 Å². The van der Waals surface area contributed by atoms with E-state index in [2.05, 4.69) is 5.32 Å². The summed E-state index contributed by atoms with van der Waals surface area (Å²) in [5, 5.41) is 2.66. The van der Waals surface area contributed by atoms with Crippen LogP contribution in [0.5, 0.6) is 0 Å². The van der Waals surface area contributed by atoms with Crippen LogP contribution < -0.4 is 5.32 Å². The van der Waals surface area contributed by atoms with Crippen molar-refractivity contribution in [3.8, 4) is 0 Å². The van der Waals surface area contributed by atoms with Gasteiger partial charge in [-0.15, -0.1) is 0 Å². The van der Waals surface area contributed by atoms with Crippen LogP contribution in [0.4, 0.5) is 4.79 Å². The van der Waals surface area contributed by atoms with Crippen LogP contribution in [-0.4, -0.2) is 49.8 Å². The van der Waals surface area contributed by atoms with E-state index in [0.29, 0.717) is 19.3 Å². The van der Waals surface area contributed by atoms with E-state index in [-0.39, 0.29) is 0 Å². The average Bonchev–Trinajstić information content (AvgIpc) is 2.67. The first kappa shape index (κ1) is 23.2. The Kier molecular flexibility index (Phi) is 8.05. The molecule has 1 N–H and O–H groups in total. The Morgan fingerprint density at radius 3 is 2.38 bits per heavy atom. The van der Waals surface area contributed by atoms with Crippen molar-refractivity contribution in [1.29, 1.82) is 0 Å². The first-order valence-electron chi connectivity index (χ1n) is 10.0. The first-order chi connectivity index (χ1) is 13.7. The number of alkyl carbamates (subject to hydrolysis) is 1. The summed E-state index contributed by atoms with van der Waals surface area (Å²) in [7, 11) is 3.10. The molecule has 162 valence electrons. The monoisotopic (exact) mass is 407 g/mol. The topological polar surface area (TPSA) is 83.1 Å². The normalized spacial score (nSPS) is 19.8. The molecule has 1 saturated carbocycles. The van der Waals surface area contributed by atoms with Gasteiger partial charge in [-0.2, -0.15) is 0 Å². The number of nitrogens with one attached hydrogen (secondary N) is 1. The third-order valence-electron chi connectivity index (χ3n) is 4.94. The van der Waals surface area contributed by atoms with Gasteiger partial charge in [-0.3, -0.25) is 0 Å². The molecule has 0 saturated heterocycles. The Morgan fingerprint density at radius 1 is 1.14 bits per heavy atom. The van der Waals surface area contributed by atoms with Crippen molar-refractivity contribution < 1.29 is 28.5 Å². The highest BCUT2D eigenvalue weighted by Crippen LogP contribution is 2.34. The molecular weight excluding hydrogens is 374 g/mol. The summed E-state index contributed by atoms with van der Waals surface area (Å²) >= 11 is 0. The van der Waals surface area contributed by atoms with Crippen molar-refractivity contribution in [1.82, 2.24) is 5.32 Å². The lowest BCUT2D eigenvalue weighted by Gasteiger charge is -2.41. The zero-order valence-corrected chi connectivity index (χ0v) is 18.0. The van der Waals surface area contributed by atoms with Gasteiger partial charge < -0.3 is 24.3 Å². The lowest BCUT2D eigenvalue weighted by atomic mass is 9.90. The van der Waals surface area contributed by atoms with Gasteiger partial charge in [0.2, 0.25) is 5.79 Å². The number of methoxy groups -OCH3 is 2. The second-order valence-electron chi connectivity index (χ2n) is 8.28. The van der Waals surface area contributed by atoms with E-state index >= 15 is 0 Å². The summed E-state index contributed by atoms with van der Waals surface area (Å²) < 4.78 is 22.3. The Balaban J connectivity index is 2.15. The summed E-state index contributed by atoms with van der Waals surface area (Å²) in [5.41, 5.74) is 0.231. The Hall–Kier alpha value is -2.12. The highest BCUT2D eigenvalue weighted by atomic mass is 16.7. The molecule has 0 aromatic heterocycles. The number of rotatable bonds is 7. The summed E-state index contributed by atoms with van der Waals surface area (Å²) in [4.78, 5) is 25.3. The van der Waals surface area contributed by atoms with Crippen LogP contribution >= 0.6 is 0 Å². The van der Waals surface area contributed by atoms with Crippen molar-refractivity contribution >= 4 is 12.1 Å². The molecule has 2 atom stereocenters. The summed E-state index contributed by atoms with van der Waals surface area (Å²) in [6.45, 7) is 5.31. The van der Waals surface area contributed by atoms with Crippen LogP contribution in [0.15, 0.2) is 30.3 Å². The number of ether oxygens (including phenoxy) is 4. The van der Waals surface area contributed by atoms with E-state index in [0.717, 1.165) is 18.4 Å². The smallest absolute Gasteiger partial charge is 0.408 e. The van der Waals surface area contributed by atoms with Crippen LogP contribution in [0.1, 0.15) is 52.0 Å². The SMILES string of the molecule is COC1(OC)CCCC[C@H]1OC(=O)[C@H](Cc1ccccc1)NC(=O)OC(C)(C)C. The predicted octanol–water partition coefficient (Wildman–Crippen LogP) is 3.60. The minimum Gasteiger partial charge on any atom is -0.455 e. The van der Waals surface area contributed by atoms with Gasteiger partial charge in [0.05, 0.1) is 0 Å². The minimum atomic E-state index is -0.961. The molecule has 1 aromatic rings. The Morgan fingerprint density at radius 2 is 1.79 bits per heavy atom. The van der Waals surface area contributed by atoms with Crippen molar-refractivity contribution in [3.05, 3.63) is 35.9 Å². The highest BCUT2D eigenvalue weighted by molar-refractivity contribution is 5.82. The Bertz CT molecular complexity index is 666. The molecule has 0 unspecified atom stereocenters. The molecule has 0 bridgehead atoms. The third kappa shape index (κ3) is 6.72. The maximum Gasteiger partial charge on any atom is 0.408 e. The lowest BCUT2D eigenvalue weighted by molar-refractivity contribution is -0.278. The fraction of sp³-hybridized carbons (Fsp3) is 0.636. The maximum atomic E-state index is 13.0. The zero-order chi connectivity index (χ0) is 21.5. The molecule has 1 aliphatic rings.